The van der Waals surface area contributed by atoms with Crippen molar-refractivity contribution in [1.82, 2.24) is 4.90 Å². The first kappa shape index (κ1) is 14.5. The summed E-state index contributed by atoms with van der Waals surface area (Å²) in [6, 6.07) is 15.7. The van der Waals surface area contributed by atoms with Gasteiger partial charge in [-0.1, -0.05) is 30.3 Å². The maximum atomic E-state index is 10.6. The van der Waals surface area contributed by atoms with Crippen molar-refractivity contribution >= 4 is 17.6 Å². The molecule has 5 nitrogen and oxygen atoms in total. The number of benzene rings is 2. The second kappa shape index (κ2) is 6.47. The monoisotopic (exact) mass is 281 g/mol. The van der Waals surface area contributed by atoms with Crippen LogP contribution in [0.4, 0.5) is 5.69 Å². The van der Waals surface area contributed by atoms with Crippen molar-refractivity contribution in [3.05, 3.63) is 82.0 Å². The van der Waals surface area contributed by atoms with E-state index in [-0.39, 0.29) is 5.69 Å². The van der Waals surface area contributed by atoms with Crippen molar-refractivity contribution in [2.45, 2.75) is 0 Å². The number of amidine groups is 1. The Hall–Kier alpha value is -2.95. The zero-order valence-electron chi connectivity index (χ0n) is 11.6. The molecule has 0 amide bonds. The van der Waals surface area contributed by atoms with E-state index in [2.05, 4.69) is 0 Å². The molecular weight excluding hydrogens is 266 g/mol. The van der Waals surface area contributed by atoms with Gasteiger partial charge >= 0.3 is 0 Å². The van der Waals surface area contributed by atoms with E-state index in [1.54, 1.807) is 36.4 Å². The third kappa shape index (κ3) is 3.76. The molecule has 0 aliphatic carbocycles. The molecule has 0 saturated heterocycles. The van der Waals surface area contributed by atoms with E-state index in [0.717, 1.165) is 11.1 Å². The Labute approximate surface area is 122 Å². The molecule has 5 heteroatoms. The van der Waals surface area contributed by atoms with Crippen molar-refractivity contribution in [1.29, 1.82) is 5.41 Å². The number of non-ortho nitro benzene ring substituents is 1. The quantitative estimate of drug-likeness (QED) is 0.403. The first-order valence-electron chi connectivity index (χ1n) is 6.37. The molecule has 0 bridgehead atoms. The third-order valence-corrected chi connectivity index (χ3v) is 2.99. The molecular formula is C16H15N3O2. The summed E-state index contributed by atoms with van der Waals surface area (Å²) < 4.78 is 0. The highest BCUT2D eigenvalue weighted by Crippen LogP contribution is 2.13. The van der Waals surface area contributed by atoms with Gasteiger partial charge in [-0.2, -0.15) is 0 Å². The fourth-order valence-electron chi connectivity index (χ4n) is 1.78. The minimum atomic E-state index is -0.426. The lowest BCUT2D eigenvalue weighted by Crippen LogP contribution is -2.20. The highest BCUT2D eigenvalue weighted by atomic mass is 16.6. The van der Waals surface area contributed by atoms with Crippen LogP contribution >= 0.6 is 0 Å². The van der Waals surface area contributed by atoms with E-state index < -0.39 is 4.92 Å². The van der Waals surface area contributed by atoms with Crippen LogP contribution in [0, 0.1) is 15.5 Å². The molecule has 0 radical (unpaired) electrons. The van der Waals surface area contributed by atoms with Gasteiger partial charge in [-0.05, 0) is 23.8 Å². The number of nitrogens with one attached hydrogen (secondary N) is 1. The zero-order chi connectivity index (χ0) is 15.2. The Bertz CT molecular complexity index is 664. The summed E-state index contributed by atoms with van der Waals surface area (Å²) in [6.45, 7) is 0. The van der Waals surface area contributed by atoms with E-state index in [9.17, 15) is 10.1 Å². The van der Waals surface area contributed by atoms with Crippen LogP contribution in [0.1, 0.15) is 11.1 Å². The molecule has 0 aromatic heterocycles. The SMILES string of the molecule is CN(C=Cc1ccc([N+](=O)[O-])cc1)C(=N)c1ccccc1. The Balaban J connectivity index is 2.06. The van der Waals surface area contributed by atoms with Gasteiger partial charge in [0.15, 0.2) is 0 Å². The van der Waals surface area contributed by atoms with Crippen LogP contribution in [0.2, 0.25) is 0 Å². The predicted octanol–water partition coefficient (Wildman–Crippen LogP) is 3.52. The highest BCUT2D eigenvalue weighted by Gasteiger charge is 2.04. The van der Waals surface area contributed by atoms with Crippen LogP contribution in [0.15, 0.2) is 60.8 Å². The lowest BCUT2D eigenvalue weighted by Gasteiger charge is -2.15. The van der Waals surface area contributed by atoms with Crippen LogP contribution in [-0.4, -0.2) is 22.7 Å². The summed E-state index contributed by atoms with van der Waals surface area (Å²) in [6.07, 6.45) is 3.57. The standard InChI is InChI=1S/C16H15N3O2/c1-18(16(17)14-5-3-2-4-6-14)12-11-13-7-9-15(10-8-13)19(20)21/h2-12,17H,1H3. The maximum Gasteiger partial charge on any atom is 0.269 e. The fraction of sp³-hybridized carbons (Fsp3) is 0.0625. The molecule has 2 aromatic carbocycles. The molecule has 0 aliphatic rings. The highest BCUT2D eigenvalue weighted by molar-refractivity contribution is 5.97. The van der Waals surface area contributed by atoms with Crippen LogP contribution in [0.3, 0.4) is 0 Å². The first-order valence-corrected chi connectivity index (χ1v) is 6.37. The zero-order valence-corrected chi connectivity index (χ0v) is 11.6. The average Bonchev–Trinajstić information content (AvgIpc) is 2.53. The number of rotatable bonds is 4. The number of nitro groups is 1. The largest absolute Gasteiger partial charge is 0.336 e. The average molecular weight is 281 g/mol. The van der Waals surface area contributed by atoms with Crippen molar-refractivity contribution in [3.8, 4) is 0 Å². The lowest BCUT2D eigenvalue weighted by atomic mass is 10.2. The molecule has 0 unspecified atom stereocenters. The van der Waals surface area contributed by atoms with Gasteiger partial charge in [0.2, 0.25) is 0 Å². The normalized spacial score (nSPS) is 10.5. The summed E-state index contributed by atoms with van der Waals surface area (Å²) in [5, 5.41) is 18.7. The lowest BCUT2D eigenvalue weighted by molar-refractivity contribution is -0.384. The predicted molar refractivity (Wildman–Crippen MR) is 83.2 cm³/mol. The minimum Gasteiger partial charge on any atom is -0.336 e. The Morgan fingerprint density at radius 1 is 1.14 bits per heavy atom. The summed E-state index contributed by atoms with van der Waals surface area (Å²) in [5.41, 5.74) is 1.74. The van der Waals surface area contributed by atoms with E-state index in [0.29, 0.717) is 5.84 Å². The fourth-order valence-corrected chi connectivity index (χ4v) is 1.78. The van der Waals surface area contributed by atoms with Gasteiger partial charge in [-0.25, -0.2) is 0 Å². The number of nitrogens with zero attached hydrogens (tertiary/aromatic N) is 2. The van der Waals surface area contributed by atoms with Crippen LogP contribution in [-0.2, 0) is 0 Å². The van der Waals surface area contributed by atoms with Crippen LogP contribution < -0.4 is 0 Å². The summed E-state index contributed by atoms with van der Waals surface area (Å²) in [4.78, 5) is 11.8. The molecule has 21 heavy (non-hydrogen) atoms. The molecule has 0 saturated carbocycles. The van der Waals surface area contributed by atoms with Crippen molar-refractivity contribution < 1.29 is 4.92 Å². The summed E-state index contributed by atoms with van der Waals surface area (Å²) in [5.74, 6) is 0.383. The number of hydrogen-bond acceptors (Lipinski definition) is 3. The number of hydrogen-bond donors (Lipinski definition) is 1. The minimum absolute atomic E-state index is 0.0672. The molecule has 0 spiro atoms. The molecule has 2 rings (SSSR count). The van der Waals surface area contributed by atoms with Gasteiger partial charge < -0.3 is 4.90 Å². The van der Waals surface area contributed by atoms with Gasteiger partial charge in [-0.15, -0.1) is 0 Å². The van der Waals surface area contributed by atoms with Gasteiger partial charge in [0.05, 0.1) is 4.92 Å². The molecule has 106 valence electrons. The topological polar surface area (TPSA) is 70.2 Å². The maximum absolute atomic E-state index is 10.6. The smallest absolute Gasteiger partial charge is 0.269 e. The molecule has 0 atom stereocenters. The van der Waals surface area contributed by atoms with Crippen molar-refractivity contribution in [3.63, 3.8) is 0 Å². The Morgan fingerprint density at radius 3 is 2.33 bits per heavy atom. The van der Waals surface area contributed by atoms with E-state index >= 15 is 0 Å². The molecule has 0 heterocycles. The van der Waals surface area contributed by atoms with E-state index in [1.807, 2.05) is 30.3 Å². The Kier molecular flexibility index (Phi) is 4.46. The second-order valence-electron chi connectivity index (χ2n) is 4.49. The molecule has 0 fully saturated rings. The molecule has 2 aromatic rings. The van der Waals surface area contributed by atoms with Gasteiger partial charge in [-0.3, -0.25) is 15.5 Å². The molecule has 1 N–H and O–H groups in total. The van der Waals surface area contributed by atoms with Gasteiger partial charge in [0.25, 0.3) is 5.69 Å². The first-order chi connectivity index (χ1) is 10.1. The van der Waals surface area contributed by atoms with Crippen LogP contribution in [0.5, 0.6) is 0 Å². The summed E-state index contributed by atoms with van der Waals surface area (Å²) >= 11 is 0. The second-order valence-corrected chi connectivity index (χ2v) is 4.49. The third-order valence-electron chi connectivity index (χ3n) is 2.99. The van der Waals surface area contributed by atoms with Gasteiger partial charge in [0, 0.05) is 30.9 Å². The summed E-state index contributed by atoms with van der Waals surface area (Å²) in [7, 11) is 1.79. The Morgan fingerprint density at radius 2 is 1.76 bits per heavy atom. The van der Waals surface area contributed by atoms with Gasteiger partial charge in [0.1, 0.15) is 5.84 Å². The molecule has 0 aliphatic heterocycles. The van der Waals surface area contributed by atoms with Crippen molar-refractivity contribution in [2.24, 2.45) is 0 Å². The van der Waals surface area contributed by atoms with Crippen LogP contribution in [0.25, 0.3) is 6.08 Å². The van der Waals surface area contributed by atoms with E-state index in [1.165, 1.54) is 12.1 Å². The number of nitro benzene ring substituents is 1. The van der Waals surface area contributed by atoms with Crippen molar-refractivity contribution in [2.75, 3.05) is 7.05 Å². The van der Waals surface area contributed by atoms with E-state index in [4.69, 9.17) is 5.41 Å².